The minimum atomic E-state index is -0.389. The molecule has 0 aliphatic heterocycles. The van der Waals surface area contributed by atoms with E-state index in [1.807, 2.05) is 13.0 Å². The molecule has 9 aromatic rings. The Labute approximate surface area is 362 Å². The summed E-state index contributed by atoms with van der Waals surface area (Å²) in [7, 11) is 0. The van der Waals surface area contributed by atoms with Gasteiger partial charge < -0.3 is 9.32 Å². The second kappa shape index (κ2) is 14.1. The number of para-hydroxylation sites is 1. The fourth-order valence-electron chi connectivity index (χ4n) is 10.8. The lowest BCUT2D eigenvalue weighted by Gasteiger charge is -2.34. The molecule has 0 N–H and O–H groups in total. The summed E-state index contributed by atoms with van der Waals surface area (Å²) in [4.78, 5) is 2.44. The number of furan rings is 1. The zero-order valence-electron chi connectivity index (χ0n) is 34.3. The summed E-state index contributed by atoms with van der Waals surface area (Å²) in [6, 6.07) is 66.5. The van der Waals surface area contributed by atoms with Crippen molar-refractivity contribution in [2.24, 2.45) is 0 Å². The highest BCUT2D eigenvalue weighted by Gasteiger charge is 2.51. The minimum absolute atomic E-state index is 0.104. The SMILES string of the molecule is C#Cc1ccc(N(c2ccc(-c3ccc4c(c3)C3(c5ccccc5-c5ccccc53)c3ccccc3-4)cc2)C2CC=Cc3c2oc2c(-c4ccccc4)cccc32)cc1/C=C\C. The van der Waals surface area contributed by atoms with Crippen molar-refractivity contribution in [2.75, 3.05) is 4.90 Å². The summed E-state index contributed by atoms with van der Waals surface area (Å²) in [6.07, 6.45) is 15.5. The molecule has 12 rings (SSSR count). The molecule has 3 aliphatic carbocycles. The molecule has 0 fully saturated rings. The van der Waals surface area contributed by atoms with Crippen LogP contribution in [0.1, 0.15) is 64.1 Å². The fraction of sp³-hybridized carbons (Fsp3) is 0.0667. The zero-order chi connectivity index (χ0) is 41.4. The molecule has 3 aliphatic rings. The lowest BCUT2D eigenvalue weighted by molar-refractivity contribution is 0.489. The third kappa shape index (κ3) is 5.19. The van der Waals surface area contributed by atoms with Gasteiger partial charge in [0.25, 0.3) is 0 Å². The number of rotatable bonds is 6. The molecule has 2 nitrogen and oxygen atoms in total. The Kier molecular flexibility index (Phi) is 8.21. The number of hydrogen-bond acceptors (Lipinski definition) is 2. The van der Waals surface area contributed by atoms with Crippen LogP contribution in [0.5, 0.6) is 0 Å². The van der Waals surface area contributed by atoms with Gasteiger partial charge in [0.1, 0.15) is 11.3 Å². The summed E-state index contributed by atoms with van der Waals surface area (Å²) in [5.41, 5.74) is 20.9. The van der Waals surface area contributed by atoms with E-state index in [-0.39, 0.29) is 11.5 Å². The van der Waals surface area contributed by atoms with Crippen molar-refractivity contribution >= 4 is 34.5 Å². The first-order valence-electron chi connectivity index (χ1n) is 21.5. The first-order chi connectivity index (χ1) is 30.7. The predicted molar refractivity (Wildman–Crippen MR) is 257 cm³/mol. The van der Waals surface area contributed by atoms with Gasteiger partial charge in [0.15, 0.2) is 0 Å². The molecule has 0 radical (unpaired) electrons. The van der Waals surface area contributed by atoms with Crippen LogP contribution in [0, 0.1) is 12.3 Å². The van der Waals surface area contributed by atoms with E-state index in [0.717, 1.165) is 62.3 Å². The molecule has 8 aromatic carbocycles. The zero-order valence-corrected chi connectivity index (χ0v) is 34.3. The Balaban J connectivity index is 1.00. The second-order valence-electron chi connectivity index (χ2n) is 16.6. The van der Waals surface area contributed by atoms with Crippen molar-refractivity contribution in [3.63, 3.8) is 0 Å². The maximum Gasteiger partial charge on any atom is 0.142 e. The quantitative estimate of drug-likeness (QED) is 0.156. The van der Waals surface area contributed by atoms with E-state index in [1.165, 1.54) is 55.6 Å². The molecule has 2 heteroatoms. The molecule has 0 amide bonds. The van der Waals surface area contributed by atoms with Gasteiger partial charge in [-0.25, -0.2) is 0 Å². The molecular weight excluding hydrogens is 751 g/mol. The van der Waals surface area contributed by atoms with Crippen molar-refractivity contribution in [1.29, 1.82) is 0 Å². The summed E-state index contributed by atoms with van der Waals surface area (Å²) in [5.74, 6) is 3.86. The topological polar surface area (TPSA) is 16.4 Å². The fourth-order valence-corrected chi connectivity index (χ4v) is 10.8. The van der Waals surface area contributed by atoms with Crippen molar-refractivity contribution in [2.45, 2.75) is 24.8 Å². The van der Waals surface area contributed by atoms with E-state index in [4.69, 9.17) is 10.8 Å². The Morgan fingerprint density at radius 3 is 1.87 bits per heavy atom. The van der Waals surface area contributed by atoms with Crippen LogP contribution in [0.4, 0.5) is 11.4 Å². The Bertz CT molecular complexity index is 3290. The average Bonchev–Trinajstić information content (AvgIpc) is 3.97. The molecule has 292 valence electrons. The summed E-state index contributed by atoms with van der Waals surface area (Å²) < 4.78 is 7.05. The number of terminal acetylenes is 1. The monoisotopic (exact) mass is 791 g/mol. The molecule has 1 heterocycles. The van der Waals surface area contributed by atoms with Gasteiger partial charge in [0, 0.05) is 33.5 Å². The normalized spacial score (nSPS) is 14.9. The van der Waals surface area contributed by atoms with Gasteiger partial charge in [-0.3, -0.25) is 0 Å². The van der Waals surface area contributed by atoms with E-state index < -0.39 is 0 Å². The van der Waals surface area contributed by atoms with Crippen molar-refractivity contribution in [3.8, 4) is 56.9 Å². The number of fused-ring (bicyclic) bond motifs is 13. The van der Waals surface area contributed by atoms with Crippen LogP contribution in [0.15, 0.2) is 199 Å². The molecule has 1 unspecified atom stereocenters. The minimum Gasteiger partial charge on any atom is -0.458 e. The highest BCUT2D eigenvalue weighted by Crippen LogP contribution is 2.63. The Morgan fingerprint density at radius 1 is 0.581 bits per heavy atom. The number of allylic oxidation sites excluding steroid dienone is 1. The first kappa shape index (κ1) is 36.0. The molecule has 0 saturated carbocycles. The second-order valence-corrected chi connectivity index (χ2v) is 16.6. The molecule has 0 saturated heterocycles. The molecule has 1 atom stereocenters. The number of benzene rings is 8. The molecule has 0 bridgehead atoms. The maximum atomic E-state index is 7.05. The lowest BCUT2D eigenvalue weighted by atomic mass is 9.70. The van der Waals surface area contributed by atoms with E-state index in [1.54, 1.807) is 0 Å². The van der Waals surface area contributed by atoms with Crippen LogP contribution in [0.3, 0.4) is 0 Å². The first-order valence-corrected chi connectivity index (χ1v) is 21.5. The van der Waals surface area contributed by atoms with Crippen molar-refractivity contribution in [3.05, 3.63) is 239 Å². The van der Waals surface area contributed by atoms with Gasteiger partial charge in [-0.1, -0.05) is 176 Å². The summed E-state index contributed by atoms with van der Waals surface area (Å²) >= 11 is 0. The van der Waals surface area contributed by atoms with E-state index in [9.17, 15) is 0 Å². The highest BCUT2D eigenvalue weighted by molar-refractivity contribution is 5.99. The van der Waals surface area contributed by atoms with Gasteiger partial charge in [-0.05, 0) is 117 Å². The molecule has 1 aromatic heterocycles. The molecular formula is C60H41NO. The lowest BCUT2D eigenvalue weighted by Crippen LogP contribution is -2.25. The van der Waals surface area contributed by atoms with Crippen LogP contribution in [-0.2, 0) is 5.41 Å². The largest absolute Gasteiger partial charge is 0.458 e. The number of anilines is 2. The smallest absolute Gasteiger partial charge is 0.142 e. The molecule has 1 spiro atoms. The van der Waals surface area contributed by atoms with E-state index in [2.05, 4.69) is 211 Å². The maximum absolute atomic E-state index is 7.05. The van der Waals surface area contributed by atoms with Gasteiger partial charge in [-0.15, -0.1) is 6.42 Å². The van der Waals surface area contributed by atoms with Crippen LogP contribution >= 0.6 is 0 Å². The standard InChI is InChI=1S/C60H41NO/c1-3-16-42-37-45(35-29-39(42)4-2)61(57-28-15-24-52-51-23-14-22-46(58(51)62-59(52)57)41-17-6-5-7-18-41)44-33-30-40(31-34-44)43-32-36-50-49-21-10-13-27-55(49)60(56(50)38-43)53-25-11-8-19-47(53)48-20-9-12-26-54(48)60/h2-3,5-27,29-38,57H,28H2,1H3/b16-3-. The predicted octanol–water partition coefficient (Wildman–Crippen LogP) is 15.4. The summed E-state index contributed by atoms with van der Waals surface area (Å²) in [6.45, 7) is 2.03. The van der Waals surface area contributed by atoms with Gasteiger partial charge in [0.2, 0.25) is 0 Å². The average molecular weight is 792 g/mol. The Hall–Kier alpha value is -7.86. The van der Waals surface area contributed by atoms with Gasteiger partial charge >= 0.3 is 0 Å². The highest BCUT2D eigenvalue weighted by atomic mass is 16.3. The third-order valence-corrected chi connectivity index (χ3v) is 13.4. The van der Waals surface area contributed by atoms with Crippen LogP contribution in [-0.4, -0.2) is 0 Å². The molecule has 62 heavy (non-hydrogen) atoms. The van der Waals surface area contributed by atoms with Crippen LogP contribution < -0.4 is 4.90 Å². The van der Waals surface area contributed by atoms with E-state index in [0.29, 0.717) is 0 Å². The van der Waals surface area contributed by atoms with Crippen molar-refractivity contribution in [1.82, 2.24) is 0 Å². The number of hydrogen-bond donors (Lipinski definition) is 0. The van der Waals surface area contributed by atoms with Crippen LogP contribution in [0.25, 0.3) is 67.6 Å². The van der Waals surface area contributed by atoms with Crippen molar-refractivity contribution < 1.29 is 4.42 Å². The summed E-state index contributed by atoms with van der Waals surface area (Å²) in [5, 5.41) is 1.12. The van der Waals surface area contributed by atoms with Crippen LogP contribution in [0.2, 0.25) is 0 Å². The third-order valence-electron chi connectivity index (χ3n) is 13.4. The van der Waals surface area contributed by atoms with Gasteiger partial charge in [0.05, 0.1) is 11.5 Å². The number of nitrogens with zero attached hydrogens (tertiary/aromatic N) is 1. The Morgan fingerprint density at radius 2 is 1.19 bits per heavy atom. The van der Waals surface area contributed by atoms with E-state index >= 15 is 0 Å². The van der Waals surface area contributed by atoms with Gasteiger partial charge in [-0.2, -0.15) is 0 Å².